The zero-order chi connectivity index (χ0) is 48.7. The van der Waals surface area contributed by atoms with Crippen molar-refractivity contribution in [1.82, 2.24) is 4.57 Å². The van der Waals surface area contributed by atoms with Crippen molar-refractivity contribution in [3.8, 4) is 23.3 Å². The summed E-state index contributed by atoms with van der Waals surface area (Å²) in [6, 6.07) is 49.0. The molecule has 0 fully saturated rings. The van der Waals surface area contributed by atoms with Gasteiger partial charge in [0.05, 0.1) is 14.2 Å². The Labute approximate surface area is 468 Å². The van der Waals surface area contributed by atoms with Crippen LogP contribution in [-0.4, -0.2) is 24.4 Å². The molecular formula is C62H74Cl2KNO3. The third kappa shape index (κ3) is 19.7. The van der Waals surface area contributed by atoms with E-state index in [9.17, 15) is 5.11 Å². The minimum absolute atomic E-state index is 0. The molecule has 0 N–H and O–H groups in total. The van der Waals surface area contributed by atoms with Crippen molar-refractivity contribution < 1.29 is 66.0 Å². The molecule has 0 amide bonds. The minimum Gasteiger partial charge on any atom is -0.850 e. The predicted octanol–water partition coefficient (Wildman–Crippen LogP) is 13.0. The molecule has 69 heavy (non-hydrogen) atoms. The number of ether oxygens (including phenoxy) is 2. The number of hydrogen-bond acceptors (Lipinski definition) is 3. The van der Waals surface area contributed by atoms with E-state index in [0.29, 0.717) is 11.8 Å². The summed E-state index contributed by atoms with van der Waals surface area (Å²) in [5.41, 5.74) is 11.8. The maximum Gasteiger partial charge on any atom is 1.00 e. The number of rotatable bonds is 14. The van der Waals surface area contributed by atoms with Gasteiger partial charge < -0.3 is 19.1 Å². The van der Waals surface area contributed by atoms with Gasteiger partial charge in [-0.25, -0.2) is 0 Å². The number of aromatic nitrogens is 1. The fourth-order valence-electron chi connectivity index (χ4n) is 8.01. The van der Waals surface area contributed by atoms with E-state index in [4.69, 9.17) is 32.7 Å². The van der Waals surface area contributed by atoms with Crippen LogP contribution in [-0.2, 0) is 32.2 Å². The van der Waals surface area contributed by atoms with Crippen LogP contribution in [0.1, 0.15) is 132 Å². The van der Waals surface area contributed by atoms with Gasteiger partial charge >= 0.3 is 51.4 Å². The Balaban J connectivity index is 0.000000324. The first-order valence-electron chi connectivity index (χ1n) is 23.6. The summed E-state index contributed by atoms with van der Waals surface area (Å²) < 4.78 is 13.3. The van der Waals surface area contributed by atoms with Gasteiger partial charge in [0, 0.05) is 50.6 Å². The SMILES string of the molecule is C.CC(C)(C)[O-].COc1ccc(CCc2cccc(Cl)c2)c(C#CC(C)c2ccc(CC(C)C)cc2)c1.COc1ccc2c(c1)cc(C(C)c1ccc(CC(C)C)cc1)n2Cc1cccc(Cl)c1.[K+]. The van der Waals surface area contributed by atoms with E-state index < -0.39 is 5.60 Å². The van der Waals surface area contributed by atoms with Crippen LogP contribution in [0.25, 0.3) is 10.9 Å². The Morgan fingerprint density at radius 3 is 1.64 bits per heavy atom. The quantitative estimate of drug-likeness (QED) is 0.0806. The van der Waals surface area contributed by atoms with Gasteiger partial charge in [-0.1, -0.05) is 177 Å². The van der Waals surface area contributed by atoms with Crippen LogP contribution < -0.4 is 66.0 Å². The molecule has 1 aromatic heterocycles. The second kappa shape index (κ2) is 28.9. The van der Waals surface area contributed by atoms with Gasteiger partial charge in [0.1, 0.15) is 11.5 Å². The van der Waals surface area contributed by atoms with Crippen molar-refractivity contribution in [3.05, 3.63) is 200 Å². The van der Waals surface area contributed by atoms with Crippen molar-refractivity contribution in [2.24, 2.45) is 11.8 Å². The summed E-state index contributed by atoms with van der Waals surface area (Å²) in [7, 11) is 3.41. The molecule has 0 saturated carbocycles. The van der Waals surface area contributed by atoms with Crippen LogP contribution >= 0.6 is 23.2 Å². The van der Waals surface area contributed by atoms with Gasteiger partial charge in [0.2, 0.25) is 0 Å². The zero-order valence-electron chi connectivity index (χ0n) is 42.6. The average Bonchev–Trinajstić information content (AvgIpc) is 3.64. The molecule has 7 aromatic rings. The standard InChI is InChI=1S/C29H31ClO.C28H30ClNO.C4H9O.CH4.K/c1-21(2)18-24-9-13-25(14-10-24)22(3)8-12-27-20-29(31-4)17-16-26(27)15-11-23-6-5-7-28(30)19-23;1-19(2)14-21-8-10-23(11-9-21)20(3)28-17-24-16-26(31-4)12-13-27(24)30(28)18-22-6-5-7-25(29)15-22;1-4(2,3)5;;/h5-7,9-10,13-14,16-17,19-22H,11,15,18H2,1-4H3;5-13,15-17,19-20H,14,18H2,1-4H3;1-3H3;1H4;/q;;-1;;+1. The number of methoxy groups -OCH3 is 2. The molecule has 2 atom stereocenters. The Morgan fingerprint density at radius 1 is 0.594 bits per heavy atom. The second-order valence-corrected chi connectivity index (χ2v) is 20.2. The molecule has 0 aliphatic heterocycles. The molecule has 0 spiro atoms. The Morgan fingerprint density at radius 2 is 1.10 bits per heavy atom. The van der Waals surface area contributed by atoms with Crippen LogP contribution in [0.5, 0.6) is 11.5 Å². The maximum absolute atomic E-state index is 10.1. The van der Waals surface area contributed by atoms with E-state index >= 15 is 0 Å². The molecule has 1 heterocycles. The molecule has 360 valence electrons. The molecule has 7 rings (SSSR count). The minimum atomic E-state index is -0.750. The van der Waals surface area contributed by atoms with Crippen molar-refractivity contribution in [3.63, 3.8) is 0 Å². The molecule has 2 unspecified atom stereocenters. The Bertz CT molecular complexity index is 2700. The first-order chi connectivity index (χ1) is 31.9. The smallest absolute Gasteiger partial charge is 0.850 e. The van der Waals surface area contributed by atoms with Gasteiger partial charge in [-0.3, -0.25) is 0 Å². The van der Waals surface area contributed by atoms with E-state index in [2.05, 4.69) is 143 Å². The molecule has 0 bridgehead atoms. The van der Waals surface area contributed by atoms with Crippen molar-refractivity contribution >= 4 is 34.1 Å². The third-order valence-corrected chi connectivity index (χ3v) is 11.8. The van der Waals surface area contributed by atoms with Crippen LogP contribution in [0.3, 0.4) is 0 Å². The van der Waals surface area contributed by atoms with Crippen LogP contribution in [0.2, 0.25) is 10.0 Å². The summed E-state index contributed by atoms with van der Waals surface area (Å²) in [6.45, 7) is 19.2. The molecular weight excluding hydrogens is 917 g/mol. The van der Waals surface area contributed by atoms with E-state index in [0.717, 1.165) is 59.3 Å². The maximum atomic E-state index is 10.1. The van der Waals surface area contributed by atoms with E-state index in [1.807, 2.05) is 54.6 Å². The second-order valence-electron chi connectivity index (χ2n) is 19.4. The first kappa shape index (κ1) is 59.5. The van der Waals surface area contributed by atoms with Crippen molar-refractivity contribution in [2.45, 2.75) is 119 Å². The number of halogens is 2. The molecule has 7 heteroatoms. The summed E-state index contributed by atoms with van der Waals surface area (Å²) in [5, 5.41) is 12.8. The number of benzene rings is 6. The first-order valence-corrected chi connectivity index (χ1v) is 24.4. The Hall–Kier alpha value is -3.80. The number of fused-ring (bicyclic) bond motifs is 1. The topological polar surface area (TPSA) is 46.4 Å². The molecule has 0 aliphatic rings. The number of aryl methyl sites for hydroxylation is 2. The summed E-state index contributed by atoms with van der Waals surface area (Å²) in [4.78, 5) is 0. The van der Waals surface area contributed by atoms with Gasteiger partial charge in [-0.2, -0.15) is 0 Å². The van der Waals surface area contributed by atoms with Crippen LogP contribution in [0.15, 0.2) is 140 Å². The molecule has 0 saturated heterocycles. The van der Waals surface area contributed by atoms with Gasteiger partial charge in [-0.05, 0) is 144 Å². The predicted molar refractivity (Wildman–Crippen MR) is 290 cm³/mol. The Kier molecular flexibility index (Phi) is 24.9. The summed E-state index contributed by atoms with van der Waals surface area (Å²) >= 11 is 12.4. The number of nitrogens with zero attached hydrogens (tertiary/aromatic N) is 1. The zero-order valence-corrected chi connectivity index (χ0v) is 47.2. The van der Waals surface area contributed by atoms with Crippen molar-refractivity contribution in [1.29, 1.82) is 0 Å². The summed E-state index contributed by atoms with van der Waals surface area (Å²) in [6.07, 6.45) is 4.06. The number of hydrogen-bond donors (Lipinski definition) is 0. The molecule has 0 radical (unpaired) electrons. The fourth-order valence-corrected chi connectivity index (χ4v) is 8.43. The fraction of sp³-hybridized carbons (Fsp3) is 0.355. The van der Waals surface area contributed by atoms with Crippen molar-refractivity contribution in [2.75, 3.05) is 14.2 Å². The third-order valence-electron chi connectivity index (χ3n) is 11.4. The average molecular weight is 991 g/mol. The normalized spacial score (nSPS) is 11.7. The van der Waals surface area contributed by atoms with E-state index in [1.165, 1.54) is 55.5 Å². The van der Waals surface area contributed by atoms with Gasteiger partial charge in [0.15, 0.2) is 0 Å². The monoisotopic (exact) mass is 989 g/mol. The summed E-state index contributed by atoms with van der Waals surface area (Å²) in [5.74, 6) is 10.4. The molecule has 0 aliphatic carbocycles. The van der Waals surface area contributed by atoms with Gasteiger partial charge in [-0.15, -0.1) is 5.60 Å². The largest absolute Gasteiger partial charge is 1.00 e. The van der Waals surface area contributed by atoms with E-state index in [1.54, 1.807) is 35.0 Å². The van der Waals surface area contributed by atoms with Crippen LogP contribution in [0.4, 0.5) is 0 Å². The van der Waals surface area contributed by atoms with Gasteiger partial charge in [0.25, 0.3) is 0 Å². The molecule has 4 nitrogen and oxygen atoms in total. The molecule has 6 aromatic carbocycles. The van der Waals surface area contributed by atoms with Crippen LogP contribution in [0, 0.1) is 23.7 Å². The van der Waals surface area contributed by atoms with E-state index in [-0.39, 0.29) is 70.6 Å².